The Balaban J connectivity index is 2.97. The number of hydrogen-bond donors (Lipinski definition) is 0. The molecule has 0 aliphatic rings. The molecule has 1 aromatic rings. The maximum atomic E-state index is 10.9. The lowest BCUT2D eigenvalue weighted by molar-refractivity contribution is 0.101. The number of thiocyanates is 1. The van der Waals surface area contributed by atoms with Crippen molar-refractivity contribution in [2.45, 2.75) is 11.9 Å². The highest BCUT2D eigenvalue weighted by atomic mass is 32.2. The van der Waals surface area contributed by atoms with Crippen LogP contribution in [0, 0.1) is 10.7 Å². The predicted octanol–water partition coefficient (Wildman–Crippen LogP) is 1.86. The molecule has 0 spiro atoms. The summed E-state index contributed by atoms with van der Waals surface area (Å²) >= 11 is 0.949. The third kappa shape index (κ3) is 2.07. The highest BCUT2D eigenvalue weighted by Crippen LogP contribution is 2.14. The van der Waals surface area contributed by atoms with E-state index >= 15 is 0 Å². The summed E-state index contributed by atoms with van der Waals surface area (Å²) in [5.41, 5.74) is 0.586. The van der Waals surface area contributed by atoms with Crippen LogP contribution < -0.4 is 0 Å². The smallest absolute Gasteiger partial charge is 0.159 e. The van der Waals surface area contributed by atoms with Crippen molar-refractivity contribution >= 4 is 17.5 Å². The fraction of sp³-hybridized carbons (Fsp3) is 0.125. The summed E-state index contributed by atoms with van der Waals surface area (Å²) in [5, 5.41) is 10.8. The van der Waals surface area contributed by atoms with E-state index in [2.05, 4.69) is 4.98 Å². The van der Waals surface area contributed by atoms with Gasteiger partial charge in [-0.3, -0.25) is 4.79 Å². The Morgan fingerprint density at radius 2 is 2.50 bits per heavy atom. The van der Waals surface area contributed by atoms with E-state index in [1.165, 1.54) is 13.1 Å². The Morgan fingerprint density at radius 3 is 3.08 bits per heavy atom. The molecule has 0 atom stereocenters. The molecular formula is C8H6N2OS. The third-order valence-corrected chi connectivity index (χ3v) is 1.82. The quantitative estimate of drug-likeness (QED) is 0.394. The van der Waals surface area contributed by atoms with Crippen LogP contribution in [0.3, 0.4) is 0 Å². The first-order valence-electron chi connectivity index (χ1n) is 3.27. The summed E-state index contributed by atoms with van der Waals surface area (Å²) in [6, 6.07) is 3.24. The van der Waals surface area contributed by atoms with E-state index in [0.29, 0.717) is 10.6 Å². The van der Waals surface area contributed by atoms with Gasteiger partial charge in [0.25, 0.3) is 0 Å². The number of carbonyl (C=O) groups is 1. The molecule has 0 N–H and O–H groups in total. The minimum Gasteiger partial charge on any atom is -0.295 e. The van der Waals surface area contributed by atoms with Gasteiger partial charge in [0.15, 0.2) is 5.78 Å². The molecule has 1 rings (SSSR count). The van der Waals surface area contributed by atoms with Gasteiger partial charge in [0.1, 0.15) is 10.4 Å². The molecule has 1 aromatic heterocycles. The average molecular weight is 178 g/mol. The van der Waals surface area contributed by atoms with Crippen LogP contribution in [0.4, 0.5) is 0 Å². The number of carbonyl (C=O) groups excluding carboxylic acids is 1. The molecule has 3 nitrogen and oxygen atoms in total. The number of rotatable bonds is 2. The van der Waals surface area contributed by atoms with Crippen LogP contribution >= 0.6 is 11.8 Å². The Bertz CT molecular complexity index is 343. The molecule has 0 amide bonds. The molecule has 4 heteroatoms. The van der Waals surface area contributed by atoms with Gasteiger partial charge in [-0.05, 0) is 19.1 Å². The summed E-state index contributed by atoms with van der Waals surface area (Å²) in [5.74, 6) is -0.0165. The molecule has 0 bridgehead atoms. The van der Waals surface area contributed by atoms with Crippen molar-refractivity contribution in [2.24, 2.45) is 0 Å². The van der Waals surface area contributed by atoms with Crippen LogP contribution in [0.15, 0.2) is 23.4 Å². The normalized spacial score (nSPS) is 9.00. The summed E-state index contributed by atoms with van der Waals surface area (Å²) in [6.07, 6.45) is 1.52. The maximum Gasteiger partial charge on any atom is 0.159 e. The number of thioether (sulfide) groups is 1. The number of Topliss-reactive ketones (excluding diaryl/α,β-unsaturated/α-hetero) is 1. The van der Waals surface area contributed by atoms with Crippen molar-refractivity contribution in [3.05, 3.63) is 23.9 Å². The summed E-state index contributed by atoms with van der Waals surface area (Å²) in [6.45, 7) is 1.48. The van der Waals surface area contributed by atoms with Crippen LogP contribution in [0.2, 0.25) is 0 Å². The van der Waals surface area contributed by atoms with E-state index in [-0.39, 0.29) is 5.78 Å². The van der Waals surface area contributed by atoms with Crippen molar-refractivity contribution in [2.75, 3.05) is 0 Å². The van der Waals surface area contributed by atoms with Crippen LogP contribution in [0.5, 0.6) is 0 Å². The molecule has 0 aliphatic heterocycles. The number of nitrogens with zero attached hydrogens (tertiary/aromatic N) is 2. The largest absolute Gasteiger partial charge is 0.295 e. The number of hydrogen-bond acceptors (Lipinski definition) is 4. The van der Waals surface area contributed by atoms with Gasteiger partial charge in [0, 0.05) is 23.5 Å². The number of ketones is 1. The average Bonchev–Trinajstić information content (AvgIpc) is 2.05. The molecule has 12 heavy (non-hydrogen) atoms. The van der Waals surface area contributed by atoms with Crippen LogP contribution in [-0.2, 0) is 0 Å². The van der Waals surface area contributed by atoms with E-state index < -0.39 is 0 Å². The molecule has 1 heterocycles. The minimum atomic E-state index is -0.0165. The van der Waals surface area contributed by atoms with Gasteiger partial charge in [0.2, 0.25) is 0 Å². The summed E-state index contributed by atoms with van der Waals surface area (Å²) in [4.78, 5) is 14.8. The van der Waals surface area contributed by atoms with Crippen molar-refractivity contribution < 1.29 is 4.79 Å². The first-order chi connectivity index (χ1) is 5.74. The molecule has 0 aliphatic carbocycles. The lowest BCUT2D eigenvalue weighted by Crippen LogP contribution is -1.92. The van der Waals surface area contributed by atoms with Gasteiger partial charge in [0.05, 0.1) is 0 Å². The second-order valence-electron chi connectivity index (χ2n) is 2.13. The second kappa shape index (κ2) is 3.88. The molecule has 0 radical (unpaired) electrons. The van der Waals surface area contributed by atoms with Gasteiger partial charge < -0.3 is 0 Å². The fourth-order valence-corrected chi connectivity index (χ4v) is 1.12. The van der Waals surface area contributed by atoms with Crippen molar-refractivity contribution in [1.82, 2.24) is 4.98 Å². The highest BCUT2D eigenvalue weighted by molar-refractivity contribution is 8.03. The van der Waals surface area contributed by atoms with E-state index in [0.717, 1.165) is 11.8 Å². The first kappa shape index (κ1) is 8.75. The third-order valence-electron chi connectivity index (χ3n) is 1.29. The molecule has 60 valence electrons. The van der Waals surface area contributed by atoms with Crippen molar-refractivity contribution in [3.63, 3.8) is 0 Å². The van der Waals surface area contributed by atoms with Crippen molar-refractivity contribution in [3.8, 4) is 5.40 Å². The zero-order chi connectivity index (χ0) is 8.97. The second-order valence-corrected chi connectivity index (χ2v) is 2.94. The maximum absolute atomic E-state index is 10.9. The highest BCUT2D eigenvalue weighted by Gasteiger charge is 2.00. The number of aromatic nitrogens is 1. The molecule has 0 saturated heterocycles. The molecule has 0 saturated carbocycles. The number of pyridine rings is 1. The zero-order valence-corrected chi connectivity index (χ0v) is 7.26. The van der Waals surface area contributed by atoms with Gasteiger partial charge in [-0.1, -0.05) is 0 Å². The molecular weight excluding hydrogens is 172 g/mol. The van der Waals surface area contributed by atoms with E-state index in [4.69, 9.17) is 5.26 Å². The van der Waals surface area contributed by atoms with E-state index in [1.54, 1.807) is 12.1 Å². The van der Waals surface area contributed by atoms with E-state index in [1.807, 2.05) is 5.40 Å². The zero-order valence-electron chi connectivity index (χ0n) is 6.44. The van der Waals surface area contributed by atoms with Gasteiger partial charge >= 0.3 is 0 Å². The van der Waals surface area contributed by atoms with Crippen LogP contribution in [-0.4, -0.2) is 10.8 Å². The molecule has 0 unspecified atom stereocenters. The number of nitriles is 1. The van der Waals surface area contributed by atoms with Gasteiger partial charge in [-0.2, -0.15) is 5.26 Å². The lowest BCUT2D eigenvalue weighted by Gasteiger charge is -1.95. The predicted molar refractivity (Wildman–Crippen MR) is 45.7 cm³/mol. The summed E-state index contributed by atoms with van der Waals surface area (Å²) < 4.78 is 0. The van der Waals surface area contributed by atoms with Crippen LogP contribution in [0.1, 0.15) is 17.3 Å². The van der Waals surface area contributed by atoms with Gasteiger partial charge in [-0.25, -0.2) is 4.98 Å². The summed E-state index contributed by atoms with van der Waals surface area (Å²) in [7, 11) is 0. The van der Waals surface area contributed by atoms with Gasteiger partial charge in [-0.15, -0.1) is 0 Å². The SMILES string of the molecule is CC(=O)c1ccnc(SC#N)c1. The van der Waals surface area contributed by atoms with Crippen molar-refractivity contribution in [1.29, 1.82) is 5.26 Å². The van der Waals surface area contributed by atoms with Crippen LogP contribution in [0.25, 0.3) is 0 Å². The monoisotopic (exact) mass is 178 g/mol. The molecule has 0 aromatic carbocycles. The molecule has 0 fully saturated rings. The Labute approximate surface area is 74.4 Å². The Morgan fingerprint density at radius 1 is 1.75 bits per heavy atom. The standard InChI is InChI=1S/C8H6N2OS/c1-6(11)7-2-3-10-8(4-7)12-5-9/h2-4H,1H3. The Kier molecular flexibility index (Phi) is 2.83. The Hall–Kier alpha value is -1.34. The fourth-order valence-electron chi connectivity index (χ4n) is 0.731. The van der Waals surface area contributed by atoms with E-state index in [9.17, 15) is 4.79 Å². The topological polar surface area (TPSA) is 53.8 Å². The minimum absolute atomic E-state index is 0.0165. The first-order valence-corrected chi connectivity index (χ1v) is 4.08. The lowest BCUT2D eigenvalue weighted by atomic mass is 10.2.